The van der Waals surface area contributed by atoms with Crippen molar-refractivity contribution in [1.29, 1.82) is 0 Å². The number of aromatic nitrogens is 2. The molecule has 2 aromatic heterocycles. The molecule has 4 aromatic rings. The second-order valence-electron chi connectivity index (χ2n) is 6.75. The monoisotopic (exact) mass is 418 g/mol. The maximum absolute atomic E-state index is 15.0. The van der Waals surface area contributed by atoms with Crippen LogP contribution in [0.2, 0.25) is 0 Å². The summed E-state index contributed by atoms with van der Waals surface area (Å²) in [7, 11) is 0. The summed E-state index contributed by atoms with van der Waals surface area (Å²) in [5, 5.41) is 0.702. The van der Waals surface area contributed by atoms with Gasteiger partial charge in [0.15, 0.2) is 11.6 Å². The lowest BCUT2D eigenvalue weighted by atomic mass is 10.1. The zero-order chi connectivity index (χ0) is 22.0. The molecule has 7 nitrogen and oxygen atoms in total. The molecule has 3 N–H and O–H groups in total. The van der Waals surface area contributed by atoms with Crippen LogP contribution in [0, 0.1) is 5.82 Å². The highest BCUT2D eigenvalue weighted by atomic mass is 19.1. The number of pyridine rings is 1. The van der Waals surface area contributed by atoms with E-state index in [0.717, 1.165) is 16.5 Å². The highest BCUT2D eigenvalue weighted by molar-refractivity contribution is 6.41. The quantitative estimate of drug-likeness (QED) is 0.474. The molecule has 31 heavy (non-hydrogen) atoms. The second-order valence-corrected chi connectivity index (χ2v) is 6.75. The van der Waals surface area contributed by atoms with Crippen molar-refractivity contribution in [2.45, 2.75) is 13.3 Å². The Hall–Kier alpha value is -4.20. The van der Waals surface area contributed by atoms with E-state index in [0.29, 0.717) is 28.9 Å². The third-order valence-electron chi connectivity index (χ3n) is 4.84. The first-order chi connectivity index (χ1) is 15.0. The molecule has 0 saturated heterocycles. The molecule has 0 aliphatic rings. The van der Waals surface area contributed by atoms with Gasteiger partial charge in [-0.1, -0.05) is 25.1 Å². The number of carbonyl (C=O) groups is 2. The molecule has 0 fully saturated rings. The molecule has 2 amide bonds. The number of benzene rings is 2. The first-order valence-corrected chi connectivity index (χ1v) is 9.61. The number of halogens is 1. The number of nitrogens with one attached hydrogen (secondary N) is 1. The highest BCUT2D eigenvalue weighted by Crippen LogP contribution is 2.35. The number of H-pyrrole nitrogens is 1. The van der Waals surface area contributed by atoms with Gasteiger partial charge in [0.2, 0.25) is 0 Å². The Bertz CT molecular complexity index is 1280. The number of amides is 2. The van der Waals surface area contributed by atoms with Crippen LogP contribution in [0.5, 0.6) is 11.5 Å². The van der Waals surface area contributed by atoms with E-state index in [2.05, 4.69) is 9.97 Å². The van der Waals surface area contributed by atoms with Gasteiger partial charge >= 0.3 is 11.8 Å². The topological polar surface area (TPSA) is 101 Å². The number of hydrogen-bond acceptors (Lipinski definition) is 4. The summed E-state index contributed by atoms with van der Waals surface area (Å²) in [5.74, 6) is -2.41. The van der Waals surface area contributed by atoms with Crippen molar-refractivity contribution >= 4 is 34.2 Å². The van der Waals surface area contributed by atoms with Gasteiger partial charge in [0, 0.05) is 18.5 Å². The van der Waals surface area contributed by atoms with Crippen LogP contribution in [0.25, 0.3) is 11.0 Å². The van der Waals surface area contributed by atoms with Crippen LogP contribution in [-0.2, 0) is 16.0 Å². The van der Waals surface area contributed by atoms with E-state index >= 15 is 0 Å². The molecule has 0 aliphatic carbocycles. The molecule has 4 rings (SSSR count). The minimum absolute atomic E-state index is 0.0345. The maximum Gasteiger partial charge on any atom is 0.320 e. The number of nitrogens with two attached hydrogens (primary N) is 1. The van der Waals surface area contributed by atoms with E-state index in [1.54, 1.807) is 36.7 Å². The molecular weight excluding hydrogens is 399 g/mol. The van der Waals surface area contributed by atoms with Gasteiger partial charge in [0.25, 0.3) is 0 Å². The maximum atomic E-state index is 15.0. The molecule has 8 heteroatoms. The Kier molecular flexibility index (Phi) is 5.36. The number of aryl methyl sites for hydroxylation is 1. The fourth-order valence-electron chi connectivity index (χ4n) is 3.36. The number of para-hydroxylation sites is 1. The molecule has 0 radical (unpaired) electrons. The summed E-state index contributed by atoms with van der Waals surface area (Å²) >= 11 is 0. The summed E-state index contributed by atoms with van der Waals surface area (Å²) in [5.41, 5.74) is 7.31. The lowest BCUT2D eigenvalue weighted by Gasteiger charge is -2.24. The normalized spacial score (nSPS) is 10.8. The van der Waals surface area contributed by atoms with Crippen molar-refractivity contribution in [1.82, 2.24) is 9.97 Å². The molecule has 0 saturated carbocycles. The molecule has 0 atom stereocenters. The summed E-state index contributed by atoms with van der Waals surface area (Å²) < 4.78 is 20.7. The minimum Gasteiger partial charge on any atom is -0.453 e. The summed E-state index contributed by atoms with van der Waals surface area (Å²) in [6.07, 6.45) is 3.87. The van der Waals surface area contributed by atoms with E-state index < -0.39 is 17.6 Å². The van der Waals surface area contributed by atoms with Crippen molar-refractivity contribution in [3.05, 3.63) is 78.4 Å². The van der Waals surface area contributed by atoms with E-state index in [1.165, 1.54) is 12.1 Å². The van der Waals surface area contributed by atoms with Gasteiger partial charge < -0.3 is 15.5 Å². The second kappa shape index (κ2) is 8.27. The van der Waals surface area contributed by atoms with Crippen molar-refractivity contribution in [3.63, 3.8) is 0 Å². The SMILES string of the molecule is CCc1ccccc1N(C(=O)C(N)=O)c1ccc(Oc2ccnc3[nH]ccc23)c(F)c1. The third-order valence-corrected chi connectivity index (χ3v) is 4.84. The molecule has 156 valence electrons. The fraction of sp³-hybridized carbons (Fsp3) is 0.0870. The van der Waals surface area contributed by atoms with Crippen LogP contribution in [0.1, 0.15) is 12.5 Å². The Balaban J connectivity index is 1.74. The van der Waals surface area contributed by atoms with Crippen LogP contribution in [-0.4, -0.2) is 21.8 Å². The number of carbonyl (C=O) groups excluding carboxylic acids is 2. The number of aromatic amines is 1. The van der Waals surface area contributed by atoms with E-state index in [1.807, 2.05) is 19.1 Å². The number of hydrogen-bond donors (Lipinski definition) is 2. The van der Waals surface area contributed by atoms with Crippen molar-refractivity contribution < 1.29 is 18.7 Å². The predicted octanol–water partition coefficient (Wildman–Crippen LogP) is 4.21. The van der Waals surface area contributed by atoms with Crippen LogP contribution in [0.15, 0.2) is 67.0 Å². The standard InChI is InChI=1S/C23H19FN4O3/c1-2-14-5-3-4-6-18(14)28(23(30)21(25)29)15-7-8-20(17(24)13-15)31-19-10-12-27-22-16(19)9-11-26-22/h3-13H,2H2,1H3,(H2,25,29)(H,26,27). The number of anilines is 2. The zero-order valence-corrected chi connectivity index (χ0v) is 16.6. The minimum atomic E-state index is -1.14. The molecule has 2 aromatic carbocycles. The Morgan fingerprint density at radius 3 is 2.68 bits per heavy atom. The van der Waals surface area contributed by atoms with Crippen LogP contribution >= 0.6 is 0 Å². The predicted molar refractivity (Wildman–Crippen MR) is 115 cm³/mol. The Labute approximate surface area is 177 Å². The number of rotatable bonds is 5. The smallest absolute Gasteiger partial charge is 0.320 e. The van der Waals surface area contributed by atoms with Gasteiger partial charge in [-0.2, -0.15) is 0 Å². The Morgan fingerprint density at radius 1 is 1.13 bits per heavy atom. The van der Waals surface area contributed by atoms with E-state index in [4.69, 9.17) is 10.5 Å². The molecule has 0 unspecified atom stereocenters. The largest absolute Gasteiger partial charge is 0.453 e. The molecule has 0 aliphatic heterocycles. The van der Waals surface area contributed by atoms with Crippen LogP contribution < -0.4 is 15.4 Å². The third kappa shape index (κ3) is 3.83. The van der Waals surface area contributed by atoms with E-state index in [9.17, 15) is 14.0 Å². The fourth-order valence-corrected chi connectivity index (χ4v) is 3.36. The van der Waals surface area contributed by atoms with Crippen molar-refractivity contribution in [3.8, 4) is 11.5 Å². The summed E-state index contributed by atoms with van der Waals surface area (Å²) in [6, 6.07) is 14.5. The van der Waals surface area contributed by atoms with Crippen LogP contribution in [0.4, 0.5) is 15.8 Å². The average molecular weight is 418 g/mol. The van der Waals surface area contributed by atoms with Gasteiger partial charge in [-0.25, -0.2) is 9.37 Å². The number of nitrogens with zero attached hydrogens (tertiary/aromatic N) is 2. The van der Waals surface area contributed by atoms with E-state index in [-0.39, 0.29) is 11.4 Å². The zero-order valence-electron chi connectivity index (χ0n) is 16.6. The lowest BCUT2D eigenvalue weighted by molar-refractivity contribution is -0.135. The number of ether oxygens (including phenoxy) is 1. The summed E-state index contributed by atoms with van der Waals surface area (Å²) in [4.78, 5) is 32.5. The molecular formula is C23H19FN4O3. The first-order valence-electron chi connectivity index (χ1n) is 9.61. The number of fused-ring (bicyclic) bond motifs is 1. The van der Waals surface area contributed by atoms with Gasteiger partial charge in [0.1, 0.15) is 11.4 Å². The van der Waals surface area contributed by atoms with Crippen molar-refractivity contribution in [2.75, 3.05) is 4.90 Å². The molecule has 0 spiro atoms. The van der Waals surface area contributed by atoms with Gasteiger partial charge in [-0.3, -0.25) is 14.5 Å². The summed E-state index contributed by atoms with van der Waals surface area (Å²) in [6.45, 7) is 1.92. The Morgan fingerprint density at radius 2 is 1.94 bits per heavy atom. The van der Waals surface area contributed by atoms with Gasteiger partial charge in [-0.15, -0.1) is 0 Å². The average Bonchev–Trinajstić information content (AvgIpc) is 3.26. The lowest BCUT2D eigenvalue weighted by Crippen LogP contribution is -2.37. The van der Waals surface area contributed by atoms with Crippen molar-refractivity contribution in [2.24, 2.45) is 5.73 Å². The first kappa shape index (κ1) is 20.1. The highest BCUT2D eigenvalue weighted by Gasteiger charge is 2.25. The van der Waals surface area contributed by atoms with Crippen LogP contribution in [0.3, 0.4) is 0 Å². The molecule has 2 heterocycles. The molecule has 0 bridgehead atoms. The number of primary amides is 1. The van der Waals surface area contributed by atoms with Gasteiger partial charge in [0.05, 0.1) is 16.8 Å². The van der Waals surface area contributed by atoms with Gasteiger partial charge in [-0.05, 0) is 42.3 Å².